The lowest BCUT2D eigenvalue weighted by atomic mass is 10.2. The predicted octanol–water partition coefficient (Wildman–Crippen LogP) is 5.53. The average Bonchev–Trinajstić information content (AvgIpc) is 2.77. The third-order valence-corrected chi connectivity index (χ3v) is 7.35. The number of benzene rings is 3. The third-order valence-electron chi connectivity index (χ3n) is 4.84. The van der Waals surface area contributed by atoms with Gasteiger partial charge in [0.2, 0.25) is 15.9 Å². The van der Waals surface area contributed by atoms with Crippen LogP contribution >= 0.6 is 23.2 Å². The van der Waals surface area contributed by atoms with Crippen LogP contribution in [0.5, 0.6) is 5.75 Å². The van der Waals surface area contributed by atoms with E-state index in [0.717, 1.165) is 9.87 Å². The highest BCUT2D eigenvalue weighted by molar-refractivity contribution is 7.89. The number of hydrogen-bond donors (Lipinski definition) is 1. The summed E-state index contributed by atoms with van der Waals surface area (Å²) in [7, 11) is -4.03. The molecule has 9 heteroatoms. The molecule has 3 rings (SSSR count). The smallest absolute Gasteiger partial charge is 0.243 e. The highest BCUT2D eigenvalue weighted by atomic mass is 35.5. The van der Waals surface area contributed by atoms with Gasteiger partial charge in [-0.05, 0) is 50.2 Å². The van der Waals surface area contributed by atoms with Crippen molar-refractivity contribution in [2.24, 2.45) is 0 Å². The van der Waals surface area contributed by atoms with Crippen LogP contribution in [0.25, 0.3) is 0 Å². The number of anilines is 1. The summed E-state index contributed by atoms with van der Waals surface area (Å²) in [4.78, 5) is 13.0. The molecule has 6 nitrogen and oxygen atoms in total. The summed E-state index contributed by atoms with van der Waals surface area (Å²) in [6, 6.07) is 18.3. The SMILES string of the molecule is CCOc1ccccc1NC(=O)CN(Cc1c(Cl)cccc1Cl)S(=O)(=O)c1ccc(C)cc1. The van der Waals surface area contributed by atoms with Crippen molar-refractivity contribution in [2.75, 3.05) is 18.5 Å². The van der Waals surface area contributed by atoms with Crippen molar-refractivity contribution >= 4 is 44.8 Å². The summed E-state index contributed by atoms with van der Waals surface area (Å²) >= 11 is 12.6. The van der Waals surface area contributed by atoms with E-state index in [2.05, 4.69) is 5.32 Å². The van der Waals surface area contributed by atoms with Gasteiger partial charge in [0.05, 0.1) is 23.7 Å². The summed E-state index contributed by atoms with van der Waals surface area (Å²) in [5, 5.41) is 3.36. The van der Waals surface area contributed by atoms with E-state index >= 15 is 0 Å². The van der Waals surface area contributed by atoms with Crippen molar-refractivity contribution in [1.29, 1.82) is 0 Å². The lowest BCUT2D eigenvalue weighted by molar-refractivity contribution is -0.116. The number of nitrogens with zero attached hydrogens (tertiary/aromatic N) is 1. The highest BCUT2D eigenvalue weighted by Gasteiger charge is 2.28. The molecule has 33 heavy (non-hydrogen) atoms. The number of nitrogens with one attached hydrogen (secondary N) is 1. The van der Waals surface area contributed by atoms with Crippen LogP contribution in [0, 0.1) is 6.92 Å². The van der Waals surface area contributed by atoms with Crippen LogP contribution in [0.3, 0.4) is 0 Å². The van der Waals surface area contributed by atoms with Gasteiger partial charge in [0, 0.05) is 22.2 Å². The monoisotopic (exact) mass is 506 g/mol. The first-order valence-electron chi connectivity index (χ1n) is 10.2. The van der Waals surface area contributed by atoms with Crippen molar-refractivity contribution in [2.45, 2.75) is 25.3 Å². The van der Waals surface area contributed by atoms with Crippen LogP contribution in [-0.2, 0) is 21.4 Å². The summed E-state index contributed by atoms with van der Waals surface area (Å²) in [6.45, 7) is 3.50. The van der Waals surface area contributed by atoms with E-state index in [0.29, 0.717) is 33.7 Å². The normalized spacial score (nSPS) is 11.4. The minimum absolute atomic E-state index is 0.0683. The summed E-state index contributed by atoms with van der Waals surface area (Å²) < 4.78 is 33.5. The van der Waals surface area contributed by atoms with E-state index < -0.39 is 22.5 Å². The largest absolute Gasteiger partial charge is 0.492 e. The van der Waals surface area contributed by atoms with Gasteiger partial charge < -0.3 is 10.1 Å². The molecule has 0 saturated carbocycles. The van der Waals surface area contributed by atoms with Crippen LogP contribution in [0.4, 0.5) is 5.69 Å². The fraction of sp³-hybridized carbons (Fsp3) is 0.208. The first-order chi connectivity index (χ1) is 15.7. The molecule has 0 bridgehead atoms. The quantitative estimate of drug-likeness (QED) is 0.413. The molecule has 0 saturated heterocycles. The topological polar surface area (TPSA) is 75.7 Å². The minimum atomic E-state index is -4.03. The number of sulfonamides is 1. The summed E-state index contributed by atoms with van der Waals surface area (Å²) in [5.74, 6) is -0.0311. The molecule has 3 aromatic rings. The lowest BCUT2D eigenvalue weighted by Crippen LogP contribution is -2.37. The Hall–Kier alpha value is -2.58. The molecule has 1 N–H and O–H groups in total. The van der Waals surface area contributed by atoms with Gasteiger partial charge in [0.1, 0.15) is 5.75 Å². The van der Waals surface area contributed by atoms with E-state index in [4.69, 9.17) is 27.9 Å². The van der Waals surface area contributed by atoms with Crippen molar-refractivity contribution in [3.8, 4) is 5.75 Å². The van der Waals surface area contributed by atoms with Crippen molar-refractivity contribution in [1.82, 2.24) is 4.31 Å². The van der Waals surface area contributed by atoms with Gasteiger partial charge >= 0.3 is 0 Å². The second-order valence-electron chi connectivity index (χ2n) is 7.26. The zero-order valence-electron chi connectivity index (χ0n) is 18.2. The van der Waals surface area contributed by atoms with Gasteiger partial charge in [-0.3, -0.25) is 4.79 Å². The average molecular weight is 507 g/mol. The maximum atomic E-state index is 13.5. The Bertz CT molecular complexity index is 1210. The Morgan fingerprint density at radius 2 is 1.61 bits per heavy atom. The number of aryl methyl sites for hydroxylation is 1. The van der Waals surface area contributed by atoms with Gasteiger partial charge in [0.15, 0.2) is 0 Å². The van der Waals surface area contributed by atoms with Crippen LogP contribution in [-0.4, -0.2) is 31.8 Å². The third kappa shape index (κ3) is 6.26. The van der Waals surface area contributed by atoms with E-state index in [9.17, 15) is 13.2 Å². The molecular weight excluding hydrogens is 483 g/mol. The molecule has 0 aliphatic rings. The Morgan fingerprint density at radius 3 is 2.24 bits per heavy atom. The zero-order valence-corrected chi connectivity index (χ0v) is 20.5. The van der Waals surface area contributed by atoms with E-state index in [-0.39, 0.29) is 11.4 Å². The Kier molecular flexibility index (Phi) is 8.37. The number of carbonyl (C=O) groups excluding carboxylic acids is 1. The van der Waals surface area contributed by atoms with Crippen molar-refractivity contribution in [3.63, 3.8) is 0 Å². The standard InChI is InChI=1S/C24H24Cl2N2O4S/c1-3-32-23-10-5-4-9-22(23)27-24(29)16-28(15-19-20(25)7-6-8-21(19)26)33(30,31)18-13-11-17(2)12-14-18/h4-14H,3,15-16H2,1-2H3,(H,27,29). The number of ether oxygens (including phenoxy) is 1. The molecule has 0 aliphatic carbocycles. The number of carbonyl (C=O) groups is 1. The van der Waals surface area contributed by atoms with Gasteiger partial charge in [-0.15, -0.1) is 0 Å². The summed E-state index contributed by atoms with van der Waals surface area (Å²) in [6.07, 6.45) is 0. The number of halogens is 2. The first-order valence-corrected chi connectivity index (χ1v) is 12.4. The minimum Gasteiger partial charge on any atom is -0.492 e. The van der Waals surface area contributed by atoms with E-state index in [1.807, 2.05) is 13.8 Å². The molecule has 0 atom stereocenters. The molecule has 0 spiro atoms. The lowest BCUT2D eigenvalue weighted by Gasteiger charge is -2.23. The molecule has 0 aromatic heterocycles. The molecule has 3 aromatic carbocycles. The highest BCUT2D eigenvalue weighted by Crippen LogP contribution is 2.29. The number of para-hydroxylation sites is 2. The van der Waals surface area contributed by atoms with E-state index in [1.54, 1.807) is 54.6 Å². The number of amides is 1. The summed E-state index contributed by atoms with van der Waals surface area (Å²) in [5.41, 5.74) is 1.78. The van der Waals surface area contributed by atoms with Gasteiger partial charge in [-0.1, -0.05) is 59.1 Å². The fourth-order valence-electron chi connectivity index (χ4n) is 3.15. The molecule has 0 unspecified atom stereocenters. The molecule has 0 radical (unpaired) electrons. The Balaban J connectivity index is 1.93. The van der Waals surface area contributed by atoms with Crippen LogP contribution in [0.15, 0.2) is 71.6 Å². The Morgan fingerprint density at radius 1 is 0.970 bits per heavy atom. The molecule has 0 aliphatic heterocycles. The number of hydrogen-bond acceptors (Lipinski definition) is 4. The van der Waals surface area contributed by atoms with Crippen molar-refractivity contribution < 1.29 is 17.9 Å². The maximum Gasteiger partial charge on any atom is 0.243 e. The zero-order chi connectivity index (χ0) is 24.0. The Labute approximate surface area is 204 Å². The second-order valence-corrected chi connectivity index (χ2v) is 10.0. The van der Waals surface area contributed by atoms with E-state index in [1.165, 1.54) is 12.1 Å². The molecule has 0 fully saturated rings. The molecular formula is C24H24Cl2N2O4S. The second kappa shape index (κ2) is 11.0. The van der Waals surface area contributed by atoms with Crippen LogP contribution in [0.1, 0.15) is 18.1 Å². The maximum absolute atomic E-state index is 13.5. The number of rotatable bonds is 9. The predicted molar refractivity (Wildman–Crippen MR) is 131 cm³/mol. The first kappa shape index (κ1) is 25.1. The van der Waals surface area contributed by atoms with Gasteiger partial charge in [-0.25, -0.2) is 8.42 Å². The molecule has 1 amide bonds. The fourth-order valence-corrected chi connectivity index (χ4v) is 5.03. The molecule has 0 heterocycles. The van der Waals surface area contributed by atoms with Crippen LogP contribution in [0.2, 0.25) is 10.0 Å². The van der Waals surface area contributed by atoms with Crippen molar-refractivity contribution in [3.05, 3.63) is 87.9 Å². The van der Waals surface area contributed by atoms with Gasteiger partial charge in [-0.2, -0.15) is 4.31 Å². The van der Waals surface area contributed by atoms with Gasteiger partial charge in [0.25, 0.3) is 0 Å². The molecule has 174 valence electrons. The van der Waals surface area contributed by atoms with Crippen LogP contribution < -0.4 is 10.1 Å².